The van der Waals surface area contributed by atoms with Gasteiger partial charge in [0.1, 0.15) is 11.6 Å². The second-order valence-corrected chi connectivity index (χ2v) is 8.13. The maximum Gasteiger partial charge on any atom is 0.191 e. The summed E-state index contributed by atoms with van der Waals surface area (Å²) in [4.78, 5) is 1.28. The largest absolute Gasteiger partial charge is 0.303 e. The molecule has 1 aliphatic rings. The van der Waals surface area contributed by atoms with E-state index in [1.807, 2.05) is 6.07 Å². The minimum Gasteiger partial charge on any atom is -0.303 e. The Morgan fingerprint density at radius 2 is 2.12 bits per heavy atom. The van der Waals surface area contributed by atoms with E-state index in [1.165, 1.54) is 22.7 Å². The summed E-state index contributed by atoms with van der Waals surface area (Å²) in [7, 11) is 0. The molecule has 4 rings (SSSR count). The molecule has 1 aromatic carbocycles. The van der Waals surface area contributed by atoms with Gasteiger partial charge < -0.3 is 4.57 Å². The minimum atomic E-state index is -0.272. The van der Waals surface area contributed by atoms with E-state index in [4.69, 9.17) is 11.6 Å². The van der Waals surface area contributed by atoms with E-state index in [9.17, 15) is 4.39 Å². The van der Waals surface area contributed by atoms with Crippen LogP contribution in [0.5, 0.6) is 0 Å². The van der Waals surface area contributed by atoms with Crippen LogP contribution >= 0.6 is 34.7 Å². The molecular weight excluding hydrogens is 365 g/mol. The molecule has 2 heterocycles. The summed E-state index contributed by atoms with van der Waals surface area (Å²) >= 11 is 9.34. The van der Waals surface area contributed by atoms with Crippen molar-refractivity contribution in [2.45, 2.75) is 36.2 Å². The van der Waals surface area contributed by atoms with Gasteiger partial charge >= 0.3 is 0 Å². The zero-order valence-corrected chi connectivity index (χ0v) is 15.2. The lowest BCUT2D eigenvalue weighted by Gasteiger charge is -2.09. The average Bonchev–Trinajstić information content (AvgIpc) is 3.12. The molecule has 24 heavy (non-hydrogen) atoms. The van der Waals surface area contributed by atoms with E-state index >= 15 is 0 Å². The van der Waals surface area contributed by atoms with Gasteiger partial charge in [-0.2, -0.15) is 0 Å². The molecule has 124 valence electrons. The van der Waals surface area contributed by atoms with E-state index in [0.29, 0.717) is 22.4 Å². The minimum absolute atomic E-state index is 0.272. The van der Waals surface area contributed by atoms with Crippen LogP contribution in [-0.4, -0.2) is 14.8 Å². The molecule has 2 aromatic heterocycles. The van der Waals surface area contributed by atoms with E-state index in [1.54, 1.807) is 23.5 Å². The van der Waals surface area contributed by atoms with Crippen LogP contribution in [0.1, 0.15) is 35.1 Å². The Balaban J connectivity index is 1.56. The summed E-state index contributed by atoms with van der Waals surface area (Å²) in [6, 6.07) is 9.42. The van der Waals surface area contributed by atoms with Crippen molar-refractivity contribution in [2.24, 2.45) is 0 Å². The Hall–Kier alpha value is -1.37. The van der Waals surface area contributed by atoms with Gasteiger partial charge in [0.25, 0.3) is 0 Å². The summed E-state index contributed by atoms with van der Waals surface area (Å²) < 4.78 is 16.2. The van der Waals surface area contributed by atoms with Crippen LogP contribution in [-0.2, 0) is 12.2 Å². The molecule has 0 saturated heterocycles. The third-order valence-corrected chi connectivity index (χ3v) is 6.17. The zero-order chi connectivity index (χ0) is 16.5. The first-order chi connectivity index (χ1) is 11.7. The molecule has 0 radical (unpaired) electrons. The summed E-state index contributed by atoms with van der Waals surface area (Å²) in [6.45, 7) is 0. The van der Waals surface area contributed by atoms with Crippen LogP contribution in [0.2, 0.25) is 5.02 Å². The maximum atomic E-state index is 13.9. The number of nitrogens with zero attached hydrogens (tertiary/aromatic N) is 3. The smallest absolute Gasteiger partial charge is 0.191 e. The highest BCUT2D eigenvalue weighted by Crippen LogP contribution is 2.40. The van der Waals surface area contributed by atoms with Gasteiger partial charge in [-0.05, 0) is 36.4 Å². The lowest BCUT2D eigenvalue weighted by molar-refractivity contribution is 0.616. The predicted octanol–water partition coefficient (Wildman–Crippen LogP) is 5.35. The molecule has 7 heteroatoms. The second kappa shape index (κ2) is 6.86. The Morgan fingerprint density at radius 1 is 1.25 bits per heavy atom. The van der Waals surface area contributed by atoms with E-state index in [2.05, 4.69) is 26.2 Å². The van der Waals surface area contributed by atoms with Gasteiger partial charge in [0.05, 0.1) is 0 Å². The summed E-state index contributed by atoms with van der Waals surface area (Å²) in [5.41, 5.74) is 0.523. The van der Waals surface area contributed by atoms with Gasteiger partial charge in [0, 0.05) is 33.7 Å². The number of halogens is 2. The zero-order valence-electron chi connectivity index (χ0n) is 12.8. The number of aromatic nitrogens is 3. The molecule has 0 unspecified atom stereocenters. The van der Waals surface area contributed by atoms with Crippen molar-refractivity contribution in [3.63, 3.8) is 0 Å². The lowest BCUT2D eigenvalue weighted by Crippen LogP contribution is -2.03. The van der Waals surface area contributed by atoms with Gasteiger partial charge in [-0.3, -0.25) is 0 Å². The SMILES string of the molecule is Fc1cccc(Cl)c1CSc1nnc(Cc2cccs2)n1C1CC1. The van der Waals surface area contributed by atoms with Crippen molar-refractivity contribution in [3.8, 4) is 0 Å². The number of hydrogen-bond donors (Lipinski definition) is 0. The molecule has 3 aromatic rings. The Bertz CT molecular complexity index is 823. The van der Waals surface area contributed by atoms with Gasteiger partial charge in [-0.25, -0.2) is 4.39 Å². The third-order valence-electron chi connectivity index (χ3n) is 3.97. The molecule has 1 fully saturated rings. The first-order valence-corrected chi connectivity index (χ1v) is 9.98. The molecule has 1 saturated carbocycles. The Labute approximate surface area is 152 Å². The van der Waals surface area contributed by atoms with Crippen LogP contribution < -0.4 is 0 Å². The van der Waals surface area contributed by atoms with Gasteiger partial charge in [0.15, 0.2) is 5.16 Å². The van der Waals surface area contributed by atoms with Crippen LogP contribution in [0.4, 0.5) is 4.39 Å². The highest BCUT2D eigenvalue weighted by atomic mass is 35.5. The van der Waals surface area contributed by atoms with Crippen molar-refractivity contribution in [1.29, 1.82) is 0 Å². The second-order valence-electron chi connectivity index (χ2n) is 5.75. The van der Waals surface area contributed by atoms with Gasteiger partial charge in [0.2, 0.25) is 0 Å². The molecule has 0 amide bonds. The van der Waals surface area contributed by atoms with Crippen molar-refractivity contribution in [2.75, 3.05) is 0 Å². The molecule has 0 bridgehead atoms. The normalized spacial score (nSPS) is 14.2. The highest BCUT2D eigenvalue weighted by Gasteiger charge is 2.29. The average molecular weight is 380 g/mol. The molecule has 0 N–H and O–H groups in total. The molecule has 1 aliphatic carbocycles. The summed E-state index contributed by atoms with van der Waals surface area (Å²) in [6.07, 6.45) is 3.11. The van der Waals surface area contributed by atoms with Gasteiger partial charge in [-0.1, -0.05) is 35.5 Å². The molecular formula is C17H15ClFN3S2. The first kappa shape index (κ1) is 16.1. The molecule has 0 atom stereocenters. The number of hydrogen-bond acceptors (Lipinski definition) is 4. The van der Waals surface area contributed by atoms with Crippen LogP contribution in [0.15, 0.2) is 40.9 Å². The Morgan fingerprint density at radius 3 is 2.83 bits per heavy atom. The third kappa shape index (κ3) is 3.36. The molecule has 0 spiro atoms. The first-order valence-electron chi connectivity index (χ1n) is 7.74. The van der Waals surface area contributed by atoms with Crippen molar-refractivity contribution < 1.29 is 4.39 Å². The fourth-order valence-electron chi connectivity index (χ4n) is 2.60. The topological polar surface area (TPSA) is 30.7 Å². The van der Waals surface area contributed by atoms with Crippen LogP contribution in [0, 0.1) is 5.82 Å². The Kier molecular flexibility index (Phi) is 4.61. The van der Waals surface area contributed by atoms with Gasteiger partial charge in [-0.15, -0.1) is 21.5 Å². The summed E-state index contributed by atoms with van der Waals surface area (Å²) in [5, 5.41) is 12.1. The van der Waals surface area contributed by atoms with Crippen molar-refractivity contribution >= 4 is 34.7 Å². The quantitative estimate of drug-likeness (QED) is 0.541. The molecule has 0 aliphatic heterocycles. The van der Waals surface area contributed by atoms with Crippen LogP contribution in [0.3, 0.4) is 0 Å². The molecule has 3 nitrogen and oxygen atoms in total. The predicted molar refractivity (Wildman–Crippen MR) is 96.4 cm³/mol. The monoisotopic (exact) mass is 379 g/mol. The van der Waals surface area contributed by atoms with Crippen molar-refractivity contribution in [3.05, 3.63) is 62.8 Å². The highest BCUT2D eigenvalue weighted by molar-refractivity contribution is 7.98. The number of thiophene rings is 1. The maximum absolute atomic E-state index is 13.9. The van der Waals surface area contributed by atoms with E-state index in [0.717, 1.165) is 30.2 Å². The number of thioether (sulfide) groups is 1. The summed E-state index contributed by atoms with van der Waals surface area (Å²) in [5.74, 6) is 1.17. The fraction of sp³-hybridized carbons (Fsp3) is 0.294. The van der Waals surface area contributed by atoms with E-state index < -0.39 is 0 Å². The lowest BCUT2D eigenvalue weighted by atomic mass is 10.2. The fourth-order valence-corrected chi connectivity index (χ4v) is 4.67. The van der Waals surface area contributed by atoms with E-state index in [-0.39, 0.29) is 5.82 Å². The van der Waals surface area contributed by atoms with Crippen LogP contribution in [0.25, 0.3) is 0 Å². The standard InChI is InChI=1S/C17H15ClFN3S2/c18-14-4-1-5-15(19)13(14)10-24-17-21-20-16(22(17)11-6-7-11)9-12-3-2-8-23-12/h1-5,8,11H,6-7,9-10H2. The number of benzene rings is 1. The number of rotatable bonds is 6. The van der Waals surface area contributed by atoms with Crippen molar-refractivity contribution in [1.82, 2.24) is 14.8 Å².